The predicted molar refractivity (Wildman–Crippen MR) is 122 cm³/mol. The third-order valence-electron chi connectivity index (χ3n) is 5.15. The topological polar surface area (TPSA) is 52.7 Å². The van der Waals surface area contributed by atoms with Crippen molar-refractivity contribution in [3.05, 3.63) is 63.6 Å². The maximum Gasteiger partial charge on any atom is 0.256 e. The van der Waals surface area contributed by atoms with Crippen LogP contribution in [0.4, 0.5) is 5.69 Å². The van der Waals surface area contributed by atoms with Crippen LogP contribution in [-0.2, 0) is 11.3 Å². The molecule has 1 aliphatic heterocycles. The van der Waals surface area contributed by atoms with Crippen LogP contribution in [0.3, 0.4) is 0 Å². The van der Waals surface area contributed by atoms with Gasteiger partial charge in [0.1, 0.15) is 0 Å². The average Bonchev–Trinajstić information content (AvgIpc) is 2.96. The van der Waals surface area contributed by atoms with Crippen LogP contribution in [0, 0.1) is 0 Å². The Morgan fingerprint density at radius 2 is 1.80 bits per heavy atom. The molecule has 1 N–H and O–H groups in total. The molecule has 0 radical (unpaired) electrons. The monoisotopic (exact) mass is 447 g/mol. The number of rotatable bonds is 6. The molecule has 3 rings (SSSR count). The molecule has 0 spiro atoms. The number of hydrogen-bond acceptors (Lipinski definition) is 3. The van der Waals surface area contributed by atoms with Gasteiger partial charge in [0.25, 0.3) is 5.91 Å². The van der Waals surface area contributed by atoms with Gasteiger partial charge in [-0.05, 0) is 30.5 Å². The normalized spacial score (nSPS) is 15.0. The fourth-order valence-electron chi connectivity index (χ4n) is 3.64. The Labute approximate surface area is 187 Å². The highest BCUT2D eigenvalue weighted by Crippen LogP contribution is 2.31. The summed E-state index contributed by atoms with van der Waals surface area (Å²) in [4.78, 5) is 29.6. The third kappa shape index (κ3) is 5.97. The lowest BCUT2D eigenvalue weighted by molar-refractivity contribution is -0.116. The lowest BCUT2D eigenvalue weighted by atomic mass is 10.1. The van der Waals surface area contributed by atoms with Crippen molar-refractivity contribution in [3.63, 3.8) is 0 Å². The molecule has 0 aliphatic carbocycles. The van der Waals surface area contributed by atoms with E-state index in [1.165, 1.54) is 5.56 Å². The van der Waals surface area contributed by atoms with Gasteiger partial charge in [-0.15, -0.1) is 0 Å². The van der Waals surface area contributed by atoms with E-state index in [-0.39, 0.29) is 16.8 Å². The van der Waals surface area contributed by atoms with Crippen molar-refractivity contribution >= 4 is 40.7 Å². The smallest absolute Gasteiger partial charge is 0.256 e. The first kappa shape index (κ1) is 22.6. The molecular weight excluding hydrogens is 421 g/mol. The minimum atomic E-state index is -0.166. The minimum Gasteiger partial charge on any atom is -0.337 e. The molecule has 0 saturated carbocycles. The molecule has 1 heterocycles. The van der Waals surface area contributed by atoms with E-state index < -0.39 is 0 Å². The van der Waals surface area contributed by atoms with E-state index >= 15 is 0 Å². The van der Waals surface area contributed by atoms with Crippen LogP contribution in [0.5, 0.6) is 0 Å². The highest BCUT2D eigenvalue weighted by Gasteiger charge is 2.25. The molecule has 1 fully saturated rings. The van der Waals surface area contributed by atoms with E-state index in [2.05, 4.69) is 22.3 Å². The molecule has 2 amide bonds. The Morgan fingerprint density at radius 3 is 2.53 bits per heavy atom. The number of anilines is 1. The molecular formula is C23H27Cl2N3O2. The van der Waals surface area contributed by atoms with E-state index in [1.807, 2.05) is 30.0 Å². The third-order valence-corrected chi connectivity index (χ3v) is 5.67. The zero-order valence-electron chi connectivity index (χ0n) is 17.2. The Kier molecular flexibility index (Phi) is 8.14. The lowest BCUT2D eigenvalue weighted by Gasteiger charge is -2.23. The molecule has 0 atom stereocenters. The van der Waals surface area contributed by atoms with Crippen molar-refractivity contribution in [3.8, 4) is 0 Å². The predicted octanol–water partition coefficient (Wildman–Crippen LogP) is 5.08. The Balaban J connectivity index is 1.73. The summed E-state index contributed by atoms with van der Waals surface area (Å²) in [5.41, 5.74) is 1.95. The van der Waals surface area contributed by atoms with Gasteiger partial charge in [-0.25, -0.2) is 0 Å². The molecule has 160 valence electrons. The van der Waals surface area contributed by atoms with Gasteiger partial charge in [0.05, 0.1) is 16.3 Å². The summed E-state index contributed by atoms with van der Waals surface area (Å²) in [6, 6.07) is 13.5. The van der Waals surface area contributed by atoms with Crippen LogP contribution < -0.4 is 5.32 Å². The quantitative estimate of drug-likeness (QED) is 0.671. The highest BCUT2D eigenvalue weighted by molar-refractivity contribution is 6.38. The molecule has 7 heteroatoms. The van der Waals surface area contributed by atoms with Gasteiger partial charge in [-0.1, -0.05) is 60.5 Å². The van der Waals surface area contributed by atoms with Crippen molar-refractivity contribution < 1.29 is 9.59 Å². The van der Waals surface area contributed by atoms with Crippen molar-refractivity contribution in [1.82, 2.24) is 9.80 Å². The van der Waals surface area contributed by atoms with Gasteiger partial charge in [-0.3, -0.25) is 14.5 Å². The molecule has 0 unspecified atom stereocenters. The molecule has 2 aromatic rings. The maximum atomic E-state index is 13.3. The number of benzene rings is 2. The van der Waals surface area contributed by atoms with Crippen molar-refractivity contribution in [2.24, 2.45) is 0 Å². The van der Waals surface area contributed by atoms with Crippen LogP contribution in [-0.4, -0.2) is 47.8 Å². The summed E-state index contributed by atoms with van der Waals surface area (Å²) < 4.78 is 0. The summed E-state index contributed by atoms with van der Waals surface area (Å²) in [7, 11) is 0. The van der Waals surface area contributed by atoms with Crippen molar-refractivity contribution in [1.29, 1.82) is 0 Å². The number of carbonyl (C=O) groups excluding carboxylic acids is 2. The summed E-state index contributed by atoms with van der Waals surface area (Å²) in [5, 5.41) is 3.44. The second-order valence-electron chi connectivity index (χ2n) is 7.52. The van der Waals surface area contributed by atoms with E-state index in [9.17, 15) is 9.59 Å². The zero-order valence-corrected chi connectivity index (χ0v) is 18.7. The highest BCUT2D eigenvalue weighted by atomic mass is 35.5. The molecule has 0 aromatic heterocycles. The molecule has 30 heavy (non-hydrogen) atoms. The molecule has 0 bridgehead atoms. The first-order chi connectivity index (χ1) is 14.5. The zero-order chi connectivity index (χ0) is 21.5. The summed E-state index contributed by atoms with van der Waals surface area (Å²) in [6.45, 7) is 5.76. The maximum absolute atomic E-state index is 13.3. The van der Waals surface area contributed by atoms with Crippen LogP contribution >= 0.6 is 23.2 Å². The summed E-state index contributed by atoms with van der Waals surface area (Å²) in [5.74, 6) is -0.326. The van der Waals surface area contributed by atoms with Crippen molar-refractivity contribution in [2.45, 2.75) is 32.7 Å². The average molecular weight is 448 g/mol. The molecule has 2 aromatic carbocycles. The molecule has 1 aliphatic rings. The van der Waals surface area contributed by atoms with Gasteiger partial charge in [-0.2, -0.15) is 0 Å². The minimum absolute atomic E-state index is 0.159. The van der Waals surface area contributed by atoms with E-state index in [1.54, 1.807) is 12.1 Å². The van der Waals surface area contributed by atoms with Crippen LogP contribution in [0.2, 0.25) is 10.0 Å². The number of nitrogens with one attached hydrogen (secondary N) is 1. The Morgan fingerprint density at radius 1 is 1.03 bits per heavy atom. The number of carbonyl (C=O) groups is 2. The Bertz CT molecular complexity index is 890. The second-order valence-corrected chi connectivity index (χ2v) is 8.36. The summed E-state index contributed by atoms with van der Waals surface area (Å²) >= 11 is 12.5. The second kappa shape index (κ2) is 10.8. The van der Waals surface area contributed by atoms with Gasteiger partial charge in [0.2, 0.25) is 5.91 Å². The van der Waals surface area contributed by atoms with Crippen molar-refractivity contribution in [2.75, 3.05) is 31.5 Å². The van der Waals surface area contributed by atoms with Crippen LogP contribution in [0.1, 0.15) is 42.1 Å². The largest absolute Gasteiger partial charge is 0.337 e. The number of hydrogen-bond donors (Lipinski definition) is 1. The van der Waals surface area contributed by atoms with Gasteiger partial charge in [0, 0.05) is 44.2 Å². The first-order valence-electron chi connectivity index (χ1n) is 10.3. The Hall–Kier alpha value is -2.08. The van der Waals surface area contributed by atoms with E-state index in [4.69, 9.17) is 23.2 Å². The molecule has 5 nitrogen and oxygen atoms in total. The number of nitrogens with zero attached hydrogens (tertiary/aromatic N) is 2. The lowest BCUT2D eigenvalue weighted by Crippen LogP contribution is -2.35. The van der Waals surface area contributed by atoms with Crippen LogP contribution in [0.15, 0.2) is 42.5 Å². The van der Waals surface area contributed by atoms with E-state index in [0.29, 0.717) is 42.2 Å². The summed E-state index contributed by atoms with van der Waals surface area (Å²) in [6.07, 6.45) is 1.96. The van der Waals surface area contributed by atoms with Gasteiger partial charge >= 0.3 is 0 Å². The number of amides is 2. The molecule has 1 saturated heterocycles. The standard InChI is InChI=1S/C23H27Cl2N3O2/c1-2-7-21(29)26-22-19(14-18(24)15-20(22)25)23(30)28-11-6-10-27(12-13-28)16-17-8-4-3-5-9-17/h3-5,8-9,14-15H,2,6-7,10-13,16H2,1H3,(H,26,29). The fraction of sp³-hybridized carbons (Fsp3) is 0.391. The first-order valence-corrected chi connectivity index (χ1v) is 11.1. The van der Waals surface area contributed by atoms with E-state index in [0.717, 1.165) is 26.1 Å². The SMILES string of the molecule is CCCC(=O)Nc1c(Cl)cc(Cl)cc1C(=O)N1CCCN(Cc2ccccc2)CC1. The van der Waals surface area contributed by atoms with Gasteiger partial charge in [0.15, 0.2) is 0 Å². The fourth-order valence-corrected chi connectivity index (χ4v) is 4.18. The number of halogens is 2. The van der Waals surface area contributed by atoms with Crippen LogP contribution in [0.25, 0.3) is 0 Å². The van der Waals surface area contributed by atoms with Gasteiger partial charge < -0.3 is 10.2 Å².